The summed E-state index contributed by atoms with van der Waals surface area (Å²) in [4.78, 5) is 11.6. The predicted octanol–water partition coefficient (Wildman–Crippen LogP) is 4.54. The van der Waals surface area contributed by atoms with Crippen LogP contribution in [0.25, 0.3) is 10.4 Å². The summed E-state index contributed by atoms with van der Waals surface area (Å²) in [6, 6.07) is 13.6. The van der Waals surface area contributed by atoms with Gasteiger partial charge in [-0.1, -0.05) is 0 Å². The van der Waals surface area contributed by atoms with Crippen molar-refractivity contribution in [1.29, 1.82) is 0 Å². The van der Waals surface area contributed by atoms with Crippen LogP contribution in [0.1, 0.15) is 22.8 Å². The smallest absolute Gasteiger partial charge is 0.335 e. The number of anilines is 1. The van der Waals surface area contributed by atoms with Crippen LogP contribution in [-0.4, -0.2) is 34.1 Å². The molecule has 2 aromatic carbocycles. The third-order valence-corrected chi connectivity index (χ3v) is 5.43. The minimum atomic E-state index is -0.993. The molecule has 0 fully saturated rings. The van der Waals surface area contributed by atoms with Crippen molar-refractivity contribution in [3.05, 3.63) is 65.0 Å². The second-order valence-corrected chi connectivity index (χ2v) is 7.49. The normalized spacial score (nSPS) is 11.1. The van der Waals surface area contributed by atoms with E-state index in [4.69, 9.17) is 22.1 Å². The van der Waals surface area contributed by atoms with Gasteiger partial charge in [-0.05, 0) is 73.2 Å². The zero-order chi connectivity index (χ0) is 21.7. The van der Waals surface area contributed by atoms with Crippen LogP contribution in [-0.2, 0) is 0 Å². The van der Waals surface area contributed by atoms with Gasteiger partial charge in [0.2, 0.25) is 0 Å². The number of aromatic hydroxyl groups is 1. The van der Waals surface area contributed by atoms with E-state index in [1.165, 1.54) is 23.5 Å². The van der Waals surface area contributed by atoms with Crippen molar-refractivity contribution in [1.82, 2.24) is 5.43 Å². The molecule has 0 atom stereocenters. The standard InChI is InChI=1S/C21H19N3O4S2/c1-12(23-24-21(29)22-15-7-3-14(4-8-15)20(26)27)17-11-30-19(18(17)25)13-5-9-16(28-2)10-6-13/h3-11,25H,1-2H3,(H,26,27)(H2,22,24,29)/b23-12+. The average Bonchev–Trinajstić information content (AvgIpc) is 3.14. The van der Waals surface area contributed by atoms with E-state index in [2.05, 4.69) is 15.8 Å². The summed E-state index contributed by atoms with van der Waals surface area (Å²) in [5, 5.41) is 28.8. The quantitative estimate of drug-likeness (QED) is 0.253. The number of hydrazone groups is 1. The van der Waals surface area contributed by atoms with Gasteiger partial charge in [-0.25, -0.2) is 4.79 Å². The first-order chi connectivity index (χ1) is 14.4. The number of methoxy groups -OCH3 is 1. The Morgan fingerprint density at radius 2 is 1.80 bits per heavy atom. The van der Waals surface area contributed by atoms with Gasteiger partial charge in [-0.3, -0.25) is 5.43 Å². The number of ether oxygens (including phenoxy) is 1. The first-order valence-corrected chi connectivity index (χ1v) is 10.1. The van der Waals surface area contributed by atoms with Crippen LogP contribution in [0.15, 0.2) is 59.0 Å². The summed E-state index contributed by atoms with van der Waals surface area (Å²) < 4.78 is 5.16. The molecule has 0 saturated carbocycles. The zero-order valence-corrected chi connectivity index (χ0v) is 17.8. The van der Waals surface area contributed by atoms with Crippen molar-refractivity contribution >= 4 is 46.0 Å². The second kappa shape index (κ2) is 9.38. The van der Waals surface area contributed by atoms with Gasteiger partial charge in [0.15, 0.2) is 5.11 Å². The van der Waals surface area contributed by atoms with Crippen molar-refractivity contribution < 1.29 is 19.7 Å². The van der Waals surface area contributed by atoms with Gasteiger partial charge < -0.3 is 20.3 Å². The third-order valence-electron chi connectivity index (χ3n) is 4.22. The Balaban J connectivity index is 1.67. The molecule has 4 N–H and O–H groups in total. The molecule has 3 rings (SSSR count). The van der Waals surface area contributed by atoms with Crippen LogP contribution >= 0.6 is 23.6 Å². The number of carboxylic acids is 1. The predicted molar refractivity (Wildman–Crippen MR) is 123 cm³/mol. The molecule has 0 amide bonds. The van der Waals surface area contributed by atoms with E-state index in [1.807, 2.05) is 29.6 Å². The maximum Gasteiger partial charge on any atom is 0.335 e. The molecule has 30 heavy (non-hydrogen) atoms. The van der Waals surface area contributed by atoms with E-state index in [0.717, 1.165) is 16.2 Å². The number of carboxylic acid groups (broad SMARTS) is 1. The number of hydrogen-bond donors (Lipinski definition) is 4. The number of thiophene rings is 1. The molecule has 154 valence electrons. The maximum atomic E-state index is 10.9. The first kappa shape index (κ1) is 21.3. The molecule has 0 unspecified atom stereocenters. The van der Waals surface area contributed by atoms with E-state index in [9.17, 15) is 9.90 Å². The van der Waals surface area contributed by atoms with Gasteiger partial charge in [0.25, 0.3) is 0 Å². The molecule has 0 radical (unpaired) electrons. The van der Waals surface area contributed by atoms with Crippen LogP contribution in [0.3, 0.4) is 0 Å². The van der Waals surface area contributed by atoms with Crippen molar-refractivity contribution in [2.45, 2.75) is 6.92 Å². The molecule has 3 aromatic rings. The van der Waals surface area contributed by atoms with Crippen LogP contribution in [0, 0.1) is 0 Å². The first-order valence-electron chi connectivity index (χ1n) is 8.79. The van der Waals surface area contributed by atoms with Crippen molar-refractivity contribution in [2.75, 3.05) is 12.4 Å². The Labute approximate surface area is 182 Å². The van der Waals surface area contributed by atoms with E-state index < -0.39 is 5.97 Å². The Hall–Kier alpha value is -3.43. The summed E-state index contributed by atoms with van der Waals surface area (Å²) in [7, 11) is 1.60. The largest absolute Gasteiger partial charge is 0.506 e. The Bertz CT molecular complexity index is 1090. The molecule has 0 aliphatic carbocycles. The molecule has 9 heteroatoms. The molecule has 0 aliphatic heterocycles. The number of benzene rings is 2. The fraction of sp³-hybridized carbons (Fsp3) is 0.0952. The summed E-state index contributed by atoms with van der Waals surface area (Å²) in [5.41, 5.74) is 5.60. The summed E-state index contributed by atoms with van der Waals surface area (Å²) in [6.45, 7) is 1.76. The van der Waals surface area contributed by atoms with Gasteiger partial charge in [0.1, 0.15) is 11.5 Å². The lowest BCUT2D eigenvalue weighted by molar-refractivity contribution is 0.0697. The highest BCUT2D eigenvalue weighted by Crippen LogP contribution is 2.39. The lowest BCUT2D eigenvalue weighted by atomic mass is 10.1. The van der Waals surface area contributed by atoms with Crippen LogP contribution in [0.2, 0.25) is 0 Å². The van der Waals surface area contributed by atoms with Crippen molar-refractivity contribution in [3.8, 4) is 21.9 Å². The summed E-state index contributed by atoms with van der Waals surface area (Å²) in [6.07, 6.45) is 0. The number of nitrogens with zero attached hydrogens (tertiary/aromatic N) is 1. The minimum Gasteiger partial charge on any atom is -0.506 e. The number of nitrogens with one attached hydrogen (secondary N) is 2. The number of rotatable bonds is 6. The van der Waals surface area contributed by atoms with Gasteiger partial charge >= 0.3 is 5.97 Å². The Kier molecular flexibility index (Phi) is 6.65. The highest BCUT2D eigenvalue weighted by atomic mass is 32.1. The number of aromatic carboxylic acids is 1. The molecular formula is C21H19N3O4S2. The van der Waals surface area contributed by atoms with E-state index in [0.29, 0.717) is 17.0 Å². The second-order valence-electron chi connectivity index (χ2n) is 6.20. The highest BCUT2D eigenvalue weighted by Gasteiger charge is 2.15. The van der Waals surface area contributed by atoms with Crippen molar-refractivity contribution in [3.63, 3.8) is 0 Å². The SMILES string of the molecule is COc1ccc(-c2scc(/C(C)=N/NC(=S)Nc3ccc(C(=O)O)cc3)c2O)cc1. The monoisotopic (exact) mass is 441 g/mol. The van der Waals surface area contributed by atoms with E-state index in [1.54, 1.807) is 26.2 Å². The van der Waals surface area contributed by atoms with Crippen molar-refractivity contribution in [2.24, 2.45) is 5.10 Å². The molecular weight excluding hydrogens is 422 g/mol. The lowest BCUT2D eigenvalue weighted by Crippen LogP contribution is -2.24. The molecule has 1 aromatic heterocycles. The topological polar surface area (TPSA) is 103 Å². The van der Waals surface area contributed by atoms with Crippen LogP contribution < -0.4 is 15.5 Å². The minimum absolute atomic E-state index is 0.149. The van der Waals surface area contributed by atoms with E-state index >= 15 is 0 Å². The molecule has 0 bridgehead atoms. The molecule has 1 heterocycles. The Morgan fingerprint density at radius 1 is 1.13 bits per heavy atom. The number of thiocarbonyl (C=S) groups is 1. The molecule has 0 aliphatic rings. The van der Waals surface area contributed by atoms with E-state index in [-0.39, 0.29) is 16.4 Å². The van der Waals surface area contributed by atoms with Crippen LogP contribution in [0.4, 0.5) is 5.69 Å². The fourth-order valence-electron chi connectivity index (χ4n) is 2.61. The number of carbonyl (C=O) groups is 1. The number of hydrogen-bond acceptors (Lipinski definition) is 6. The summed E-state index contributed by atoms with van der Waals surface area (Å²) in [5.74, 6) is -0.0982. The molecule has 0 saturated heterocycles. The van der Waals surface area contributed by atoms with Gasteiger partial charge in [0.05, 0.1) is 28.8 Å². The lowest BCUT2D eigenvalue weighted by Gasteiger charge is -2.08. The molecule has 0 spiro atoms. The average molecular weight is 442 g/mol. The third kappa shape index (κ3) is 4.94. The molecule has 7 nitrogen and oxygen atoms in total. The van der Waals surface area contributed by atoms with Gasteiger partial charge in [-0.2, -0.15) is 5.10 Å². The fourth-order valence-corrected chi connectivity index (χ4v) is 3.78. The van der Waals surface area contributed by atoms with Gasteiger partial charge in [-0.15, -0.1) is 11.3 Å². The maximum absolute atomic E-state index is 10.9. The summed E-state index contributed by atoms with van der Waals surface area (Å²) >= 11 is 6.63. The zero-order valence-electron chi connectivity index (χ0n) is 16.2. The van der Waals surface area contributed by atoms with Crippen LogP contribution in [0.5, 0.6) is 11.5 Å². The highest BCUT2D eigenvalue weighted by molar-refractivity contribution is 7.80. The van der Waals surface area contributed by atoms with Gasteiger partial charge in [0, 0.05) is 11.1 Å². The Morgan fingerprint density at radius 3 is 2.40 bits per heavy atom.